The van der Waals surface area contributed by atoms with E-state index in [2.05, 4.69) is 0 Å². The lowest BCUT2D eigenvalue weighted by atomic mass is 10.0. The van der Waals surface area contributed by atoms with Gasteiger partial charge >= 0.3 is 0 Å². The van der Waals surface area contributed by atoms with Crippen LogP contribution in [0.15, 0.2) is 0 Å². The van der Waals surface area contributed by atoms with Crippen molar-refractivity contribution in [1.82, 2.24) is 0 Å². The quantitative estimate of drug-likeness (QED) is 0.408. The van der Waals surface area contributed by atoms with Crippen molar-refractivity contribution in [2.45, 2.75) is 6.42 Å². The van der Waals surface area contributed by atoms with E-state index in [1.165, 1.54) is 12.1 Å². The van der Waals surface area contributed by atoms with Crippen LogP contribution in [-0.4, -0.2) is 0 Å². The normalized spacial score (nSPS) is 9.47. The summed E-state index contributed by atoms with van der Waals surface area (Å²) in [7, 11) is 0. The van der Waals surface area contributed by atoms with Gasteiger partial charge in [-0.1, -0.05) is 0 Å². The fourth-order valence-corrected chi connectivity index (χ4v) is 1.04. The molecule has 0 fully saturated rings. The van der Waals surface area contributed by atoms with Gasteiger partial charge in [0.1, 0.15) is 6.07 Å². The molecule has 0 unspecified atom stereocenters. The van der Waals surface area contributed by atoms with Gasteiger partial charge in [-0.15, -0.1) is 0 Å². The molecule has 0 saturated carbocycles. The molecule has 6 heteroatoms. The summed E-state index contributed by atoms with van der Waals surface area (Å²) in [6.07, 6.45) is -0.706. The number of nitrogens with zero attached hydrogens (tertiary/aromatic N) is 2. The average molecular weight is 214 g/mol. The Morgan fingerprint density at radius 2 is 1.40 bits per heavy atom. The lowest BCUT2D eigenvalue weighted by molar-refractivity contribution is 0.403. The summed E-state index contributed by atoms with van der Waals surface area (Å²) in [6, 6.07) is 2.61. The smallest absolute Gasteiger partial charge is 0.198 e. The van der Waals surface area contributed by atoms with E-state index in [0.717, 1.165) is 0 Å². The summed E-state index contributed by atoms with van der Waals surface area (Å²) in [6.45, 7) is 0. The molecular formula is C9H2F4N2. The van der Waals surface area contributed by atoms with E-state index < -0.39 is 40.8 Å². The zero-order valence-corrected chi connectivity index (χ0v) is 7.11. The molecule has 0 aliphatic rings. The van der Waals surface area contributed by atoms with Crippen LogP contribution in [0, 0.1) is 45.9 Å². The van der Waals surface area contributed by atoms with Crippen molar-refractivity contribution >= 4 is 0 Å². The van der Waals surface area contributed by atoms with Crippen molar-refractivity contribution in [3.63, 3.8) is 0 Å². The van der Waals surface area contributed by atoms with E-state index in [9.17, 15) is 17.6 Å². The van der Waals surface area contributed by atoms with E-state index >= 15 is 0 Å². The van der Waals surface area contributed by atoms with Crippen LogP contribution in [-0.2, 0) is 6.42 Å². The third-order valence-corrected chi connectivity index (χ3v) is 1.73. The lowest BCUT2D eigenvalue weighted by Crippen LogP contribution is -2.06. The van der Waals surface area contributed by atoms with Gasteiger partial charge in [-0.25, -0.2) is 17.6 Å². The van der Waals surface area contributed by atoms with Crippen molar-refractivity contribution in [2.24, 2.45) is 0 Å². The highest BCUT2D eigenvalue weighted by atomic mass is 19.2. The van der Waals surface area contributed by atoms with Crippen LogP contribution in [0.2, 0.25) is 0 Å². The van der Waals surface area contributed by atoms with Crippen molar-refractivity contribution in [3.8, 4) is 12.1 Å². The molecule has 0 atom stereocenters. The number of nitriles is 2. The molecule has 0 heterocycles. The minimum absolute atomic E-state index is 0.706. The van der Waals surface area contributed by atoms with Gasteiger partial charge in [-0.3, -0.25) is 0 Å². The average Bonchev–Trinajstić information content (AvgIpc) is 2.24. The molecule has 0 N–H and O–H groups in total. The molecule has 0 aliphatic heterocycles. The Morgan fingerprint density at radius 1 is 0.867 bits per heavy atom. The summed E-state index contributed by atoms with van der Waals surface area (Å²) < 4.78 is 51.2. The maximum atomic E-state index is 13.0. The second-order valence-corrected chi connectivity index (χ2v) is 2.56. The molecule has 0 aromatic heterocycles. The third kappa shape index (κ3) is 1.62. The summed E-state index contributed by atoms with van der Waals surface area (Å²) in [5.74, 6) is -7.55. The maximum absolute atomic E-state index is 13.0. The van der Waals surface area contributed by atoms with Gasteiger partial charge in [0.15, 0.2) is 23.3 Å². The Kier molecular flexibility index (Phi) is 2.91. The zero-order valence-electron chi connectivity index (χ0n) is 7.11. The molecule has 0 aliphatic carbocycles. The Labute approximate surface area is 82.0 Å². The molecule has 0 radical (unpaired) electrons. The molecule has 0 saturated heterocycles. The number of hydrogen-bond acceptors (Lipinski definition) is 2. The summed E-state index contributed by atoms with van der Waals surface area (Å²) in [5, 5.41) is 16.7. The zero-order chi connectivity index (χ0) is 11.6. The van der Waals surface area contributed by atoms with E-state index in [1.54, 1.807) is 0 Å². The Morgan fingerprint density at radius 3 is 1.87 bits per heavy atom. The molecular weight excluding hydrogens is 212 g/mol. The topological polar surface area (TPSA) is 47.6 Å². The molecule has 0 spiro atoms. The monoisotopic (exact) mass is 214 g/mol. The maximum Gasteiger partial charge on any atom is 0.198 e. The fourth-order valence-electron chi connectivity index (χ4n) is 1.04. The van der Waals surface area contributed by atoms with Gasteiger partial charge in [0, 0.05) is 5.56 Å². The fraction of sp³-hybridized carbons (Fsp3) is 0.111. The first-order chi connectivity index (χ1) is 7.04. The molecule has 1 aromatic carbocycles. The van der Waals surface area contributed by atoms with Crippen LogP contribution < -0.4 is 0 Å². The van der Waals surface area contributed by atoms with Crippen LogP contribution in [0.5, 0.6) is 0 Å². The van der Waals surface area contributed by atoms with Crippen molar-refractivity contribution in [1.29, 1.82) is 10.5 Å². The van der Waals surface area contributed by atoms with Crippen LogP contribution >= 0.6 is 0 Å². The minimum Gasteiger partial charge on any atom is -0.203 e. The number of hydrogen-bond donors (Lipinski definition) is 0. The van der Waals surface area contributed by atoms with Gasteiger partial charge in [0.25, 0.3) is 0 Å². The Hall–Kier alpha value is -2.08. The molecule has 0 bridgehead atoms. The lowest BCUT2D eigenvalue weighted by Gasteiger charge is -2.05. The number of halogens is 4. The highest BCUT2D eigenvalue weighted by molar-refractivity contribution is 5.42. The van der Waals surface area contributed by atoms with Crippen molar-refractivity contribution in [2.75, 3.05) is 0 Å². The summed E-state index contributed by atoms with van der Waals surface area (Å²) >= 11 is 0. The predicted octanol–water partition coefficient (Wildman–Crippen LogP) is 2.18. The van der Waals surface area contributed by atoms with Gasteiger partial charge in [0.05, 0.1) is 18.1 Å². The van der Waals surface area contributed by atoms with Crippen molar-refractivity contribution < 1.29 is 17.6 Å². The van der Waals surface area contributed by atoms with Gasteiger partial charge in [-0.05, 0) is 0 Å². The Bertz CT molecular complexity index is 497. The van der Waals surface area contributed by atoms with Crippen LogP contribution in [0.4, 0.5) is 17.6 Å². The SMILES string of the molecule is N#CCc1c(F)c(F)c(F)c(F)c1C#N. The second kappa shape index (κ2) is 3.97. The van der Waals surface area contributed by atoms with Gasteiger partial charge in [-0.2, -0.15) is 10.5 Å². The van der Waals surface area contributed by atoms with E-state index in [1.807, 2.05) is 0 Å². The molecule has 76 valence electrons. The third-order valence-electron chi connectivity index (χ3n) is 1.73. The molecule has 15 heavy (non-hydrogen) atoms. The standard InChI is InChI=1S/C9H2F4N2/c10-6-4(1-2-14)5(3-15)7(11)9(13)8(6)12/h1H2. The van der Waals surface area contributed by atoms with Crippen LogP contribution in [0.1, 0.15) is 11.1 Å². The largest absolute Gasteiger partial charge is 0.203 e. The number of rotatable bonds is 1. The Balaban J connectivity index is 3.66. The molecule has 0 amide bonds. The number of benzene rings is 1. The molecule has 2 nitrogen and oxygen atoms in total. The van der Waals surface area contributed by atoms with E-state index in [4.69, 9.17) is 10.5 Å². The summed E-state index contributed by atoms with van der Waals surface area (Å²) in [4.78, 5) is 0. The highest BCUT2D eigenvalue weighted by Crippen LogP contribution is 2.23. The van der Waals surface area contributed by atoms with Gasteiger partial charge in [0.2, 0.25) is 0 Å². The first-order valence-electron chi connectivity index (χ1n) is 3.66. The van der Waals surface area contributed by atoms with Crippen molar-refractivity contribution in [3.05, 3.63) is 34.4 Å². The van der Waals surface area contributed by atoms with E-state index in [-0.39, 0.29) is 0 Å². The predicted molar refractivity (Wildman–Crippen MR) is 40.3 cm³/mol. The van der Waals surface area contributed by atoms with Crippen LogP contribution in [0.3, 0.4) is 0 Å². The summed E-state index contributed by atoms with van der Waals surface area (Å²) in [5.41, 5.74) is -1.75. The first-order valence-corrected chi connectivity index (χ1v) is 3.66. The molecule has 1 rings (SSSR count). The van der Waals surface area contributed by atoms with E-state index in [0.29, 0.717) is 0 Å². The van der Waals surface area contributed by atoms with Crippen LogP contribution in [0.25, 0.3) is 0 Å². The first kappa shape index (κ1) is 11.0. The van der Waals surface area contributed by atoms with Gasteiger partial charge < -0.3 is 0 Å². The second-order valence-electron chi connectivity index (χ2n) is 2.56. The molecule has 1 aromatic rings. The highest BCUT2D eigenvalue weighted by Gasteiger charge is 2.24. The minimum atomic E-state index is -2.05.